The Morgan fingerprint density at radius 3 is 2.25 bits per heavy atom. The second-order valence-electron chi connectivity index (χ2n) is 4.41. The van der Waals surface area contributed by atoms with Crippen molar-refractivity contribution < 1.29 is 31.6 Å². The summed E-state index contributed by atoms with van der Waals surface area (Å²) in [6, 6.07) is 8.83. The van der Waals surface area contributed by atoms with Crippen LogP contribution in [0.4, 0.5) is 4.39 Å². The van der Waals surface area contributed by atoms with Crippen molar-refractivity contribution in [1.82, 2.24) is 4.98 Å². The molecular formula is C15H16FNO6S. The van der Waals surface area contributed by atoms with E-state index >= 15 is 0 Å². The average molecular weight is 357 g/mol. The maximum absolute atomic E-state index is 11.7. The number of carbonyl (C=O) groups excluding carboxylic acids is 1. The van der Waals surface area contributed by atoms with E-state index in [1.165, 1.54) is 37.6 Å². The molecule has 130 valence electrons. The summed E-state index contributed by atoms with van der Waals surface area (Å²) in [6.07, 6.45) is 1.26. The molecule has 0 aliphatic rings. The van der Waals surface area contributed by atoms with Crippen molar-refractivity contribution in [2.75, 3.05) is 14.0 Å². The maximum atomic E-state index is 11.7. The van der Waals surface area contributed by atoms with Crippen LogP contribution in [0, 0.1) is 6.92 Å². The first-order valence-corrected chi connectivity index (χ1v) is 7.99. The molecule has 1 N–H and O–H groups in total. The number of hydrogen-bond acceptors (Lipinski definition) is 6. The molecule has 2 rings (SSSR count). The Hall–Kier alpha value is -2.52. The van der Waals surface area contributed by atoms with Crippen LogP contribution in [0.3, 0.4) is 0 Å². The Morgan fingerprint density at radius 1 is 1.21 bits per heavy atom. The number of methoxy groups -OCH3 is 1. The van der Waals surface area contributed by atoms with Crippen molar-refractivity contribution in [2.45, 2.75) is 11.8 Å². The van der Waals surface area contributed by atoms with E-state index in [0.29, 0.717) is 0 Å². The van der Waals surface area contributed by atoms with E-state index in [1.807, 2.05) is 6.92 Å². The van der Waals surface area contributed by atoms with Crippen LogP contribution in [0.1, 0.15) is 16.1 Å². The van der Waals surface area contributed by atoms with E-state index in [4.69, 9.17) is 4.55 Å². The quantitative estimate of drug-likeness (QED) is 0.662. The average Bonchev–Trinajstić information content (AvgIpc) is 2.55. The van der Waals surface area contributed by atoms with E-state index in [9.17, 15) is 17.6 Å². The topological polar surface area (TPSA) is 103 Å². The van der Waals surface area contributed by atoms with Gasteiger partial charge in [0.05, 0.1) is 18.2 Å². The number of aryl methyl sites for hydroxylation is 1. The van der Waals surface area contributed by atoms with Gasteiger partial charge in [0.25, 0.3) is 10.1 Å². The number of nitrogens with zero attached hydrogens (tertiary/aromatic N) is 1. The van der Waals surface area contributed by atoms with Crippen molar-refractivity contribution >= 4 is 16.1 Å². The number of halogens is 1. The van der Waals surface area contributed by atoms with Gasteiger partial charge in [0.1, 0.15) is 11.4 Å². The molecule has 9 heteroatoms. The van der Waals surface area contributed by atoms with E-state index in [0.717, 1.165) is 5.56 Å². The molecule has 0 fully saturated rings. The zero-order valence-corrected chi connectivity index (χ0v) is 13.8. The van der Waals surface area contributed by atoms with Crippen LogP contribution in [0.25, 0.3) is 0 Å². The number of alkyl halides is 1. The summed E-state index contributed by atoms with van der Waals surface area (Å²) in [5, 5.41) is 0. The van der Waals surface area contributed by atoms with Gasteiger partial charge in [-0.05, 0) is 31.2 Å². The highest BCUT2D eigenvalue weighted by atomic mass is 32.2. The molecule has 0 bridgehead atoms. The Balaban J connectivity index is 0.000000243. The van der Waals surface area contributed by atoms with Gasteiger partial charge in [-0.1, -0.05) is 17.7 Å². The van der Waals surface area contributed by atoms with Gasteiger partial charge in [0.2, 0.25) is 6.86 Å². The van der Waals surface area contributed by atoms with Crippen LogP contribution < -0.4 is 4.74 Å². The number of hydrogen-bond donors (Lipinski definition) is 1. The minimum absolute atomic E-state index is 0.0666. The predicted molar refractivity (Wildman–Crippen MR) is 83.2 cm³/mol. The molecule has 1 aromatic carbocycles. The van der Waals surface area contributed by atoms with Crippen molar-refractivity contribution in [3.8, 4) is 5.75 Å². The van der Waals surface area contributed by atoms with Gasteiger partial charge >= 0.3 is 5.97 Å². The third-order valence-electron chi connectivity index (χ3n) is 2.67. The molecule has 0 saturated carbocycles. The normalized spacial score (nSPS) is 10.3. The van der Waals surface area contributed by atoms with Gasteiger partial charge in [0.15, 0.2) is 0 Å². The summed E-state index contributed by atoms with van der Waals surface area (Å²) in [5.41, 5.74) is 1.12. The minimum Gasteiger partial charge on any atom is -0.464 e. The van der Waals surface area contributed by atoms with Crippen LogP contribution in [0.5, 0.6) is 5.75 Å². The molecule has 0 aliphatic carbocycles. The van der Waals surface area contributed by atoms with Crippen molar-refractivity contribution in [3.63, 3.8) is 0 Å². The summed E-state index contributed by atoms with van der Waals surface area (Å²) in [4.78, 5) is 14.5. The summed E-state index contributed by atoms with van der Waals surface area (Å²) in [5.74, 6) is -0.262. The molecule has 0 saturated heterocycles. The van der Waals surface area contributed by atoms with Gasteiger partial charge in [0, 0.05) is 0 Å². The molecule has 1 aromatic heterocycles. The molecule has 0 unspecified atom stereocenters. The van der Waals surface area contributed by atoms with Crippen LogP contribution >= 0.6 is 0 Å². The van der Waals surface area contributed by atoms with Crippen LogP contribution in [-0.4, -0.2) is 37.9 Å². The molecule has 0 amide bonds. The van der Waals surface area contributed by atoms with E-state index < -0.39 is 22.9 Å². The highest BCUT2D eigenvalue weighted by Crippen LogP contribution is 2.09. The summed E-state index contributed by atoms with van der Waals surface area (Å²) in [6.45, 7) is 0.924. The zero-order chi connectivity index (χ0) is 18.2. The monoisotopic (exact) mass is 357 g/mol. The second-order valence-corrected chi connectivity index (χ2v) is 5.83. The molecule has 0 atom stereocenters. The predicted octanol–water partition coefficient (Wildman–Crippen LogP) is 2.42. The summed E-state index contributed by atoms with van der Waals surface area (Å²) >= 11 is 0. The summed E-state index contributed by atoms with van der Waals surface area (Å²) in [7, 11) is -2.76. The van der Waals surface area contributed by atoms with Gasteiger partial charge < -0.3 is 9.47 Å². The lowest BCUT2D eigenvalue weighted by Gasteiger charge is -2.00. The Bertz CT molecular complexity index is 760. The first kappa shape index (κ1) is 19.5. The number of benzene rings is 1. The molecule has 1 heterocycles. The molecule has 0 aliphatic heterocycles. The van der Waals surface area contributed by atoms with Gasteiger partial charge in [-0.3, -0.25) is 4.55 Å². The molecule has 0 spiro atoms. The first-order valence-electron chi connectivity index (χ1n) is 6.55. The minimum atomic E-state index is -4.02. The standard InChI is InChI=1S/C8H8FNO3.C7H8O3S/c1-12-8(11)7-3-2-6(4-10-7)13-5-9;1-6-2-4-7(5-3-6)11(8,9)10/h2-4H,5H2,1H3;2-5H,1H3,(H,8,9,10). The van der Waals surface area contributed by atoms with Crippen molar-refractivity contribution in [3.05, 3.63) is 53.9 Å². The lowest BCUT2D eigenvalue weighted by molar-refractivity contribution is 0.0594. The van der Waals surface area contributed by atoms with E-state index in [-0.39, 0.29) is 16.3 Å². The third kappa shape index (κ3) is 6.31. The number of pyridine rings is 1. The maximum Gasteiger partial charge on any atom is 0.356 e. The Labute approximate surface area is 138 Å². The van der Waals surface area contributed by atoms with E-state index in [2.05, 4.69) is 14.5 Å². The highest BCUT2D eigenvalue weighted by molar-refractivity contribution is 7.85. The smallest absolute Gasteiger partial charge is 0.356 e. The molecule has 0 radical (unpaired) electrons. The largest absolute Gasteiger partial charge is 0.464 e. The number of esters is 1. The fourth-order valence-corrected chi connectivity index (χ4v) is 1.94. The van der Waals surface area contributed by atoms with Crippen molar-refractivity contribution in [2.24, 2.45) is 0 Å². The lowest BCUT2D eigenvalue weighted by atomic mass is 10.2. The van der Waals surface area contributed by atoms with E-state index in [1.54, 1.807) is 12.1 Å². The first-order chi connectivity index (χ1) is 11.3. The second kappa shape index (κ2) is 8.94. The van der Waals surface area contributed by atoms with Gasteiger partial charge in [-0.2, -0.15) is 8.42 Å². The lowest BCUT2D eigenvalue weighted by Crippen LogP contribution is -2.03. The van der Waals surface area contributed by atoms with Gasteiger partial charge in [-0.25, -0.2) is 14.2 Å². The van der Waals surface area contributed by atoms with Crippen LogP contribution in [-0.2, 0) is 14.9 Å². The fourth-order valence-electron chi connectivity index (χ4n) is 1.46. The Kier molecular flexibility index (Phi) is 7.28. The number of aromatic nitrogens is 1. The third-order valence-corrected chi connectivity index (χ3v) is 3.54. The molecule has 2 aromatic rings. The highest BCUT2D eigenvalue weighted by Gasteiger charge is 2.07. The SMILES string of the molecule is COC(=O)c1ccc(OCF)cn1.Cc1ccc(S(=O)(=O)O)cc1. The molecule has 24 heavy (non-hydrogen) atoms. The fraction of sp³-hybridized carbons (Fsp3) is 0.200. The van der Waals surface area contributed by atoms with Crippen molar-refractivity contribution in [1.29, 1.82) is 0 Å². The molecular weight excluding hydrogens is 341 g/mol. The molecule has 7 nitrogen and oxygen atoms in total. The number of carbonyl (C=O) groups is 1. The summed E-state index contributed by atoms with van der Waals surface area (Å²) < 4.78 is 50.1. The Morgan fingerprint density at radius 2 is 1.83 bits per heavy atom. The van der Waals surface area contributed by atoms with Crippen LogP contribution in [0.15, 0.2) is 47.5 Å². The van der Waals surface area contributed by atoms with Gasteiger partial charge in [-0.15, -0.1) is 0 Å². The number of rotatable bonds is 4. The number of ether oxygens (including phenoxy) is 2. The van der Waals surface area contributed by atoms with Crippen LogP contribution in [0.2, 0.25) is 0 Å². The zero-order valence-electron chi connectivity index (χ0n) is 13.0.